The second kappa shape index (κ2) is 11.4. The summed E-state index contributed by atoms with van der Waals surface area (Å²) in [5.41, 5.74) is 0.433. The summed E-state index contributed by atoms with van der Waals surface area (Å²) in [6, 6.07) is 9.28. The van der Waals surface area contributed by atoms with Crippen molar-refractivity contribution >= 4 is 23.9 Å². The summed E-state index contributed by atoms with van der Waals surface area (Å²) in [7, 11) is 0. The minimum atomic E-state index is -1.99. The van der Waals surface area contributed by atoms with E-state index in [0.717, 1.165) is 5.56 Å². The summed E-state index contributed by atoms with van der Waals surface area (Å²) in [5.74, 6) is -2.08. The second-order valence-corrected chi connectivity index (χ2v) is 9.03. The van der Waals surface area contributed by atoms with E-state index in [1.165, 1.54) is 0 Å². The van der Waals surface area contributed by atoms with E-state index in [1.807, 2.05) is 30.3 Å². The number of hydrogen-bond donors (Lipinski definition) is 2. The van der Waals surface area contributed by atoms with Crippen LogP contribution < -0.4 is 10.8 Å². The number of nitrogens with one attached hydrogen (secondary N) is 2. The van der Waals surface area contributed by atoms with E-state index < -0.39 is 41.5 Å². The summed E-state index contributed by atoms with van der Waals surface area (Å²) >= 11 is 0. The number of alkyl carbamates (subject to hydrolysis) is 1. The Morgan fingerprint density at radius 3 is 2.30 bits per heavy atom. The number of esters is 2. The molecule has 202 valence electrons. The van der Waals surface area contributed by atoms with Crippen molar-refractivity contribution in [2.75, 3.05) is 26.4 Å². The van der Waals surface area contributed by atoms with Gasteiger partial charge in [-0.3, -0.25) is 4.79 Å². The molecule has 12 heteroatoms. The Morgan fingerprint density at radius 2 is 1.65 bits per heavy atom. The maximum absolute atomic E-state index is 12.9. The van der Waals surface area contributed by atoms with Crippen molar-refractivity contribution in [1.82, 2.24) is 10.8 Å². The third-order valence-electron chi connectivity index (χ3n) is 6.58. The molecular formula is C25H33N3O9. The molecule has 1 spiro atoms. The number of hydrogen-bond acceptors (Lipinski definition) is 11. The molecule has 1 aromatic rings. The van der Waals surface area contributed by atoms with Crippen molar-refractivity contribution in [3.05, 3.63) is 35.9 Å². The van der Waals surface area contributed by atoms with E-state index in [-0.39, 0.29) is 25.7 Å². The van der Waals surface area contributed by atoms with Gasteiger partial charge in [-0.05, 0) is 32.3 Å². The third-order valence-corrected chi connectivity index (χ3v) is 6.58. The van der Waals surface area contributed by atoms with Gasteiger partial charge >= 0.3 is 18.0 Å². The van der Waals surface area contributed by atoms with E-state index in [2.05, 4.69) is 15.8 Å². The first kappa shape index (κ1) is 26.8. The molecule has 1 aliphatic carbocycles. The average molecular weight is 520 g/mol. The minimum Gasteiger partial charge on any atom is -0.466 e. The van der Waals surface area contributed by atoms with E-state index in [4.69, 9.17) is 28.5 Å². The first-order valence-electron chi connectivity index (χ1n) is 12.5. The van der Waals surface area contributed by atoms with Crippen molar-refractivity contribution in [2.45, 2.75) is 69.6 Å². The smallest absolute Gasteiger partial charge is 0.408 e. The molecule has 2 heterocycles. The van der Waals surface area contributed by atoms with Crippen LogP contribution in [0.1, 0.15) is 51.5 Å². The van der Waals surface area contributed by atoms with E-state index in [9.17, 15) is 14.4 Å². The van der Waals surface area contributed by atoms with Crippen molar-refractivity contribution in [3.63, 3.8) is 0 Å². The zero-order valence-corrected chi connectivity index (χ0v) is 21.1. The highest BCUT2D eigenvalue weighted by Crippen LogP contribution is 2.42. The summed E-state index contributed by atoms with van der Waals surface area (Å²) in [6.07, 6.45) is 0.438. The van der Waals surface area contributed by atoms with Crippen molar-refractivity contribution in [3.8, 4) is 0 Å². The third kappa shape index (κ3) is 6.03. The van der Waals surface area contributed by atoms with Crippen LogP contribution in [0.2, 0.25) is 0 Å². The maximum atomic E-state index is 12.9. The summed E-state index contributed by atoms with van der Waals surface area (Å²) in [6.45, 7) is 4.54. The van der Waals surface area contributed by atoms with Gasteiger partial charge in [0.15, 0.2) is 11.6 Å². The fraction of sp³-hybridized carbons (Fsp3) is 0.600. The van der Waals surface area contributed by atoms with E-state index in [0.29, 0.717) is 38.9 Å². The second-order valence-electron chi connectivity index (χ2n) is 9.03. The summed E-state index contributed by atoms with van der Waals surface area (Å²) < 4.78 is 27.3. The monoisotopic (exact) mass is 519 g/mol. The number of amidine groups is 1. The first-order chi connectivity index (χ1) is 17.8. The molecule has 0 bridgehead atoms. The van der Waals surface area contributed by atoms with Gasteiger partial charge in [0.1, 0.15) is 18.6 Å². The van der Waals surface area contributed by atoms with Gasteiger partial charge in [0.25, 0.3) is 5.72 Å². The highest BCUT2D eigenvalue weighted by molar-refractivity contribution is 5.99. The molecular weight excluding hydrogens is 486 g/mol. The molecule has 1 unspecified atom stereocenters. The number of carbonyl (C=O) groups is 3. The van der Waals surface area contributed by atoms with Gasteiger partial charge in [-0.2, -0.15) is 0 Å². The summed E-state index contributed by atoms with van der Waals surface area (Å²) in [5, 5.41) is 2.92. The first-order valence-corrected chi connectivity index (χ1v) is 12.5. The lowest BCUT2D eigenvalue weighted by molar-refractivity contribution is -0.183. The lowest BCUT2D eigenvalue weighted by Gasteiger charge is -2.43. The quantitative estimate of drug-likeness (QED) is 0.368. The van der Waals surface area contributed by atoms with Gasteiger partial charge in [-0.1, -0.05) is 30.3 Å². The molecule has 2 N–H and O–H groups in total. The molecule has 0 aromatic heterocycles. The molecule has 1 amide bonds. The Labute approximate surface area is 214 Å². The highest BCUT2D eigenvalue weighted by Gasteiger charge is 2.56. The van der Waals surface area contributed by atoms with Gasteiger partial charge in [-0.25, -0.2) is 24.9 Å². The zero-order valence-electron chi connectivity index (χ0n) is 21.1. The number of amides is 1. The number of rotatable bonds is 9. The Morgan fingerprint density at radius 1 is 0.973 bits per heavy atom. The fourth-order valence-corrected chi connectivity index (χ4v) is 4.67. The lowest BCUT2D eigenvalue weighted by atomic mass is 9.77. The largest absolute Gasteiger partial charge is 0.466 e. The van der Waals surface area contributed by atoms with Gasteiger partial charge in [0.2, 0.25) is 0 Å². The van der Waals surface area contributed by atoms with Crippen LogP contribution in [-0.2, 0) is 44.7 Å². The molecule has 4 rings (SSSR count). The Hall–Kier alpha value is -3.22. The number of benzene rings is 1. The number of nitrogens with zero attached hydrogens (tertiary/aromatic N) is 1. The molecule has 12 nitrogen and oxygen atoms in total. The van der Waals surface area contributed by atoms with Crippen LogP contribution >= 0.6 is 0 Å². The number of carbonyl (C=O) groups excluding carboxylic acids is 3. The summed E-state index contributed by atoms with van der Waals surface area (Å²) in [4.78, 5) is 48.2. The number of ether oxygens (including phenoxy) is 5. The Kier molecular flexibility index (Phi) is 8.30. The van der Waals surface area contributed by atoms with Crippen LogP contribution in [0.15, 0.2) is 35.3 Å². The van der Waals surface area contributed by atoms with Crippen LogP contribution in [0.4, 0.5) is 4.79 Å². The molecule has 3 aliphatic rings. The maximum Gasteiger partial charge on any atom is 0.408 e. The van der Waals surface area contributed by atoms with Crippen LogP contribution in [-0.4, -0.2) is 67.3 Å². The van der Waals surface area contributed by atoms with Crippen molar-refractivity contribution < 1.29 is 42.9 Å². The fourth-order valence-electron chi connectivity index (χ4n) is 4.67. The molecule has 1 atom stereocenters. The molecule has 1 aromatic carbocycles. The van der Waals surface area contributed by atoms with Gasteiger partial charge in [-0.15, -0.1) is 0 Å². The van der Waals surface area contributed by atoms with Crippen molar-refractivity contribution in [1.29, 1.82) is 0 Å². The van der Waals surface area contributed by atoms with Gasteiger partial charge in [0.05, 0.1) is 26.4 Å². The SMILES string of the molecule is CCOC(=O)CC1(C(=O)OCC)N=C(C2(NC(=O)OCc3ccccc3)CCC3(CC2)OCCO3)NO1. The molecule has 2 aliphatic heterocycles. The Balaban J connectivity index is 1.58. The molecule has 0 radical (unpaired) electrons. The van der Waals surface area contributed by atoms with E-state index >= 15 is 0 Å². The molecule has 37 heavy (non-hydrogen) atoms. The average Bonchev–Trinajstić information content (AvgIpc) is 3.54. The minimum absolute atomic E-state index is 0.0595. The Bertz CT molecular complexity index is 1000. The van der Waals surface area contributed by atoms with Crippen LogP contribution in [0.3, 0.4) is 0 Å². The predicted molar refractivity (Wildman–Crippen MR) is 128 cm³/mol. The van der Waals surface area contributed by atoms with Crippen LogP contribution in [0.5, 0.6) is 0 Å². The molecule has 2 fully saturated rings. The predicted octanol–water partition coefficient (Wildman–Crippen LogP) is 2.11. The standard InChI is InChI=1S/C25H33N3O9/c1-3-32-19(29)16-25(21(30)33-4-2)26-20(28-37-25)23(10-12-24(13-11-23)35-14-15-36-24)27-22(31)34-17-18-8-6-5-7-9-18/h5-9H,3-4,10-17H2,1-2H3,(H,26,28)(H,27,31). The van der Waals surface area contributed by atoms with Gasteiger partial charge in [0, 0.05) is 12.8 Å². The molecule has 1 saturated heterocycles. The van der Waals surface area contributed by atoms with E-state index in [1.54, 1.807) is 13.8 Å². The number of aliphatic imine (C=N–C) groups is 1. The number of hydroxylamine groups is 1. The van der Waals surface area contributed by atoms with Crippen molar-refractivity contribution in [2.24, 2.45) is 4.99 Å². The molecule has 1 saturated carbocycles. The highest BCUT2D eigenvalue weighted by atomic mass is 16.7. The topological polar surface area (TPSA) is 143 Å². The van der Waals surface area contributed by atoms with Crippen LogP contribution in [0.25, 0.3) is 0 Å². The normalized spacial score (nSPS) is 23.6. The van der Waals surface area contributed by atoms with Crippen LogP contribution in [0, 0.1) is 0 Å². The lowest BCUT2D eigenvalue weighted by Crippen LogP contribution is -2.61. The van der Waals surface area contributed by atoms with Gasteiger partial charge < -0.3 is 29.0 Å². The zero-order chi connectivity index (χ0) is 26.4.